The lowest BCUT2D eigenvalue weighted by Gasteiger charge is -2.06. The van der Waals surface area contributed by atoms with Crippen LogP contribution in [-0.4, -0.2) is 16.3 Å². The largest absolute Gasteiger partial charge is 0.313 e. The average Bonchev–Trinajstić information content (AvgIpc) is 2.67. The topological polar surface area (TPSA) is 29.9 Å². The standard InChI is InChI=1S/C16H31N3/c1-5-7-8-9-10-11-12-19-15(4)16(13-17-6-2)14(3)18-19/h17H,5-13H2,1-4H3. The summed E-state index contributed by atoms with van der Waals surface area (Å²) >= 11 is 0. The minimum atomic E-state index is 0.949. The second-order valence-corrected chi connectivity index (χ2v) is 5.42. The van der Waals surface area contributed by atoms with E-state index < -0.39 is 0 Å². The van der Waals surface area contributed by atoms with Gasteiger partial charge in [-0.3, -0.25) is 4.68 Å². The van der Waals surface area contributed by atoms with E-state index in [-0.39, 0.29) is 0 Å². The van der Waals surface area contributed by atoms with E-state index in [9.17, 15) is 0 Å². The number of aryl methyl sites for hydroxylation is 2. The molecule has 1 aromatic heterocycles. The first-order valence-electron chi connectivity index (χ1n) is 7.94. The van der Waals surface area contributed by atoms with Crippen molar-refractivity contribution in [2.75, 3.05) is 6.54 Å². The van der Waals surface area contributed by atoms with Gasteiger partial charge in [-0.05, 0) is 26.8 Å². The summed E-state index contributed by atoms with van der Waals surface area (Å²) in [5.74, 6) is 0. The molecule has 19 heavy (non-hydrogen) atoms. The highest BCUT2D eigenvalue weighted by Crippen LogP contribution is 2.14. The number of hydrogen-bond donors (Lipinski definition) is 1. The fourth-order valence-corrected chi connectivity index (χ4v) is 2.50. The lowest BCUT2D eigenvalue weighted by atomic mass is 10.1. The van der Waals surface area contributed by atoms with Gasteiger partial charge in [0.15, 0.2) is 0 Å². The van der Waals surface area contributed by atoms with Gasteiger partial charge in [0.2, 0.25) is 0 Å². The number of aromatic nitrogens is 2. The fourth-order valence-electron chi connectivity index (χ4n) is 2.50. The van der Waals surface area contributed by atoms with Crippen molar-refractivity contribution in [3.63, 3.8) is 0 Å². The van der Waals surface area contributed by atoms with Crippen molar-refractivity contribution >= 4 is 0 Å². The molecular weight excluding hydrogens is 234 g/mol. The second-order valence-electron chi connectivity index (χ2n) is 5.42. The molecule has 0 aliphatic rings. The van der Waals surface area contributed by atoms with Crippen molar-refractivity contribution in [2.45, 2.75) is 79.3 Å². The van der Waals surface area contributed by atoms with Gasteiger partial charge in [0, 0.05) is 24.3 Å². The fraction of sp³-hybridized carbons (Fsp3) is 0.812. The van der Waals surface area contributed by atoms with Crippen molar-refractivity contribution in [3.05, 3.63) is 17.0 Å². The normalized spacial score (nSPS) is 11.2. The molecule has 3 nitrogen and oxygen atoms in total. The van der Waals surface area contributed by atoms with Crippen molar-refractivity contribution in [2.24, 2.45) is 0 Å². The van der Waals surface area contributed by atoms with Gasteiger partial charge >= 0.3 is 0 Å². The van der Waals surface area contributed by atoms with Crippen LogP contribution < -0.4 is 5.32 Å². The molecule has 0 aromatic carbocycles. The maximum Gasteiger partial charge on any atom is 0.0641 e. The van der Waals surface area contributed by atoms with Crippen molar-refractivity contribution < 1.29 is 0 Å². The van der Waals surface area contributed by atoms with Crippen LogP contribution in [-0.2, 0) is 13.1 Å². The summed E-state index contributed by atoms with van der Waals surface area (Å²) in [5, 5.41) is 8.07. The van der Waals surface area contributed by atoms with Gasteiger partial charge in [-0.2, -0.15) is 5.10 Å². The Hall–Kier alpha value is -0.830. The Morgan fingerprint density at radius 2 is 1.68 bits per heavy atom. The van der Waals surface area contributed by atoms with Crippen LogP contribution in [0.15, 0.2) is 0 Å². The molecule has 110 valence electrons. The Balaban J connectivity index is 2.37. The second kappa shape index (κ2) is 9.13. The molecule has 0 atom stereocenters. The maximum atomic E-state index is 4.67. The molecule has 1 N–H and O–H groups in total. The molecule has 0 unspecified atom stereocenters. The zero-order chi connectivity index (χ0) is 14.1. The Morgan fingerprint density at radius 1 is 1.00 bits per heavy atom. The third-order valence-electron chi connectivity index (χ3n) is 3.81. The number of nitrogens with one attached hydrogen (secondary N) is 1. The van der Waals surface area contributed by atoms with Crippen LogP contribution in [0.1, 0.15) is 69.3 Å². The smallest absolute Gasteiger partial charge is 0.0641 e. The number of rotatable bonds is 10. The van der Waals surface area contributed by atoms with Crippen LogP contribution in [0.4, 0.5) is 0 Å². The van der Waals surface area contributed by atoms with Crippen molar-refractivity contribution in [1.82, 2.24) is 15.1 Å². The van der Waals surface area contributed by atoms with E-state index in [0.717, 1.165) is 19.6 Å². The van der Waals surface area contributed by atoms with E-state index >= 15 is 0 Å². The number of unbranched alkanes of at least 4 members (excludes halogenated alkanes) is 5. The monoisotopic (exact) mass is 265 g/mol. The summed E-state index contributed by atoms with van der Waals surface area (Å²) in [7, 11) is 0. The van der Waals surface area contributed by atoms with Gasteiger partial charge in [-0.15, -0.1) is 0 Å². The Kier molecular flexibility index (Phi) is 7.80. The summed E-state index contributed by atoms with van der Waals surface area (Å²) in [4.78, 5) is 0. The molecule has 0 aliphatic heterocycles. The molecule has 1 aromatic rings. The third-order valence-corrected chi connectivity index (χ3v) is 3.81. The molecule has 0 saturated heterocycles. The summed E-state index contributed by atoms with van der Waals surface area (Å²) in [5.41, 5.74) is 3.91. The van der Waals surface area contributed by atoms with E-state index in [2.05, 4.69) is 42.8 Å². The van der Waals surface area contributed by atoms with Crippen LogP contribution in [0.2, 0.25) is 0 Å². The molecule has 1 heterocycles. The highest BCUT2D eigenvalue weighted by atomic mass is 15.3. The minimum Gasteiger partial charge on any atom is -0.313 e. The summed E-state index contributed by atoms with van der Waals surface area (Å²) in [6, 6.07) is 0. The van der Waals surface area contributed by atoms with Gasteiger partial charge in [-0.25, -0.2) is 0 Å². The number of hydrogen-bond acceptors (Lipinski definition) is 2. The van der Waals surface area contributed by atoms with Gasteiger partial charge in [0.05, 0.1) is 5.69 Å². The lowest BCUT2D eigenvalue weighted by Crippen LogP contribution is -2.13. The first kappa shape index (κ1) is 16.2. The summed E-state index contributed by atoms with van der Waals surface area (Å²) in [6.45, 7) is 11.8. The first-order valence-corrected chi connectivity index (χ1v) is 7.94. The van der Waals surface area contributed by atoms with Crippen LogP contribution in [0, 0.1) is 13.8 Å². The number of nitrogens with zero attached hydrogens (tertiary/aromatic N) is 2. The van der Waals surface area contributed by atoms with Gasteiger partial charge in [-0.1, -0.05) is 46.0 Å². The first-order chi connectivity index (χ1) is 9.20. The van der Waals surface area contributed by atoms with E-state index in [1.165, 1.54) is 55.5 Å². The van der Waals surface area contributed by atoms with Crippen LogP contribution in [0.3, 0.4) is 0 Å². The molecule has 0 aliphatic carbocycles. The molecular formula is C16H31N3. The summed E-state index contributed by atoms with van der Waals surface area (Å²) in [6.07, 6.45) is 8.06. The molecule has 0 radical (unpaired) electrons. The zero-order valence-corrected chi connectivity index (χ0v) is 13.3. The molecule has 0 bridgehead atoms. The van der Waals surface area contributed by atoms with Crippen LogP contribution in [0.5, 0.6) is 0 Å². The molecule has 0 amide bonds. The molecule has 0 fully saturated rings. The van der Waals surface area contributed by atoms with Crippen LogP contribution >= 0.6 is 0 Å². The van der Waals surface area contributed by atoms with E-state index in [1.807, 2.05) is 0 Å². The van der Waals surface area contributed by atoms with Gasteiger partial charge in [0.1, 0.15) is 0 Å². The molecule has 0 saturated carbocycles. The molecule has 3 heteroatoms. The van der Waals surface area contributed by atoms with E-state index in [1.54, 1.807) is 0 Å². The minimum absolute atomic E-state index is 0.949. The highest BCUT2D eigenvalue weighted by molar-refractivity contribution is 5.24. The Morgan fingerprint density at radius 3 is 2.37 bits per heavy atom. The molecule has 0 spiro atoms. The highest BCUT2D eigenvalue weighted by Gasteiger charge is 2.10. The summed E-state index contributed by atoms with van der Waals surface area (Å²) < 4.78 is 2.20. The maximum absolute atomic E-state index is 4.67. The van der Waals surface area contributed by atoms with E-state index in [0.29, 0.717) is 0 Å². The SMILES string of the molecule is CCCCCCCCn1nc(C)c(CNCC)c1C. The van der Waals surface area contributed by atoms with Gasteiger partial charge in [0.25, 0.3) is 0 Å². The quantitative estimate of drug-likeness (QED) is 0.649. The van der Waals surface area contributed by atoms with Crippen LogP contribution in [0.25, 0.3) is 0 Å². The van der Waals surface area contributed by atoms with Gasteiger partial charge < -0.3 is 5.32 Å². The Labute approximate surface area is 118 Å². The van der Waals surface area contributed by atoms with Crippen molar-refractivity contribution in [1.29, 1.82) is 0 Å². The van der Waals surface area contributed by atoms with Crippen molar-refractivity contribution in [3.8, 4) is 0 Å². The molecule has 1 rings (SSSR count). The lowest BCUT2D eigenvalue weighted by molar-refractivity contribution is 0.517. The predicted octanol–water partition coefficient (Wildman–Crippen LogP) is 3.97. The average molecular weight is 265 g/mol. The zero-order valence-electron chi connectivity index (χ0n) is 13.3. The predicted molar refractivity (Wildman–Crippen MR) is 82.5 cm³/mol. The third kappa shape index (κ3) is 5.35. The Bertz CT molecular complexity index is 355. The van der Waals surface area contributed by atoms with E-state index in [4.69, 9.17) is 0 Å².